The van der Waals surface area contributed by atoms with Crippen molar-refractivity contribution in [3.63, 3.8) is 0 Å². The Kier molecular flexibility index (Phi) is 4.57. The Balaban J connectivity index is 2.31. The SMILES string of the molecule is COCc1cc(/C=C2\SC(=S)NC2=O)ccc1OC. The molecule has 100 valence electrons. The van der Waals surface area contributed by atoms with Crippen LogP contribution in [0.2, 0.25) is 0 Å². The molecule has 1 aromatic rings. The second-order valence-corrected chi connectivity index (χ2v) is 5.58. The van der Waals surface area contributed by atoms with Crippen molar-refractivity contribution < 1.29 is 14.3 Å². The van der Waals surface area contributed by atoms with Crippen molar-refractivity contribution >= 4 is 40.3 Å². The average molecular weight is 295 g/mol. The molecule has 0 saturated carbocycles. The van der Waals surface area contributed by atoms with Crippen molar-refractivity contribution in [2.45, 2.75) is 6.61 Å². The van der Waals surface area contributed by atoms with Crippen LogP contribution in [0.5, 0.6) is 5.75 Å². The van der Waals surface area contributed by atoms with E-state index in [1.165, 1.54) is 11.8 Å². The van der Waals surface area contributed by atoms with Crippen molar-refractivity contribution in [1.82, 2.24) is 5.32 Å². The summed E-state index contributed by atoms with van der Waals surface area (Å²) in [6.45, 7) is 0.456. The van der Waals surface area contributed by atoms with Crippen LogP contribution >= 0.6 is 24.0 Å². The number of carbonyl (C=O) groups is 1. The second kappa shape index (κ2) is 6.18. The van der Waals surface area contributed by atoms with Crippen molar-refractivity contribution in [3.8, 4) is 5.75 Å². The van der Waals surface area contributed by atoms with E-state index in [-0.39, 0.29) is 5.91 Å². The summed E-state index contributed by atoms with van der Waals surface area (Å²) in [5.74, 6) is 0.613. The molecule has 1 amide bonds. The minimum Gasteiger partial charge on any atom is -0.496 e. The minimum absolute atomic E-state index is 0.154. The predicted octanol–water partition coefficient (Wildman–Crippen LogP) is 2.33. The van der Waals surface area contributed by atoms with Gasteiger partial charge in [0.2, 0.25) is 0 Å². The van der Waals surface area contributed by atoms with Gasteiger partial charge in [-0.2, -0.15) is 0 Å². The number of carbonyl (C=O) groups excluding carboxylic acids is 1. The molecule has 0 bridgehead atoms. The Morgan fingerprint density at radius 1 is 1.42 bits per heavy atom. The summed E-state index contributed by atoms with van der Waals surface area (Å²) in [7, 11) is 3.24. The third-order valence-corrected chi connectivity index (χ3v) is 3.71. The molecule has 1 saturated heterocycles. The Labute approximate surface area is 121 Å². The number of amides is 1. The zero-order valence-corrected chi connectivity index (χ0v) is 12.2. The van der Waals surface area contributed by atoms with Crippen molar-refractivity contribution in [2.75, 3.05) is 14.2 Å². The first-order valence-corrected chi connectivity index (χ1v) is 6.77. The molecule has 0 atom stereocenters. The van der Waals surface area contributed by atoms with E-state index in [1.807, 2.05) is 18.2 Å². The molecule has 1 fully saturated rings. The highest BCUT2D eigenvalue weighted by Crippen LogP contribution is 2.28. The molecular weight excluding hydrogens is 282 g/mol. The highest BCUT2D eigenvalue weighted by molar-refractivity contribution is 8.26. The van der Waals surface area contributed by atoms with E-state index in [0.717, 1.165) is 16.9 Å². The Hall–Kier alpha value is -1.37. The van der Waals surface area contributed by atoms with E-state index in [1.54, 1.807) is 20.3 Å². The van der Waals surface area contributed by atoms with Crippen LogP contribution in [0, 0.1) is 0 Å². The molecule has 6 heteroatoms. The van der Waals surface area contributed by atoms with Gasteiger partial charge in [-0.05, 0) is 23.8 Å². The van der Waals surface area contributed by atoms with E-state index in [0.29, 0.717) is 15.8 Å². The first-order valence-electron chi connectivity index (χ1n) is 5.54. The highest BCUT2D eigenvalue weighted by atomic mass is 32.2. The van der Waals surface area contributed by atoms with Gasteiger partial charge in [-0.25, -0.2) is 0 Å². The molecule has 2 rings (SSSR count). The summed E-state index contributed by atoms with van der Waals surface area (Å²) in [6.07, 6.45) is 1.80. The first kappa shape index (κ1) is 14.0. The topological polar surface area (TPSA) is 47.6 Å². The lowest BCUT2D eigenvalue weighted by atomic mass is 10.1. The van der Waals surface area contributed by atoms with E-state index < -0.39 is 0 Å². The largest absolute Gasteiger partial charge is 0.496 e. The number of benzene rings is 1. The molecule has 1 N–H and O–H groups in total. The summed E-state index contributed by atoms with van der Waals surface area (Å²) < 4.78 is 10.9. The summed E-state index contributed by atoms with van der Waals surface area (Å²) in [5, 5.41) is 2.59. The summed E-state index contributed by atoms with van der Waals surface area (Å²) >= 11 is 6.21. The lowest BCUT2D eigenvalue weighted by Gasteiger charge is -2.08. The second-order valence-electron chi connectivity index (χ2n) is 3.86. The van der Waals surface area contributed by atoms with Gasteiger partial charge in [-0.1, -0.05) is 30.0 Å². The zero-order valence-electron chi connectivity index (χ0n) is 10.6. The van der Waals surface area contributed by atoms with E-state index >= 15 is 0 Å². The van der Waals surface area contributed by atoms with E-state index in [2.05, 4.69) is 5.32 Å². The monoisotopic (exact) mass is 295 g/mol. The van der Waals surface area contributed by atoms with Crippen molar-refractivity contribution in [1.29, 1.82) is 0 Å². The zero-order chi connectivity index (χ0) is 13.8. The van der Waals surface area contributed by atoms with Gasteiger partial charge in [0.05, 0.1) is 18.6 Å². The first-order chi connectivity index (χ1) is 9.13. The van der Waals surface area contributed by atoms with Gasteiger partial charge < -0.3 is 14.8 Å². The van der Waals surface area contributed by atoms with Crippen LogP contribution in [-0.4, -0.2) is 24.4 Å². The van der Waals surface area contributed by atoms with Gasteiger partial charge in [-0.15, -0.1) is 0 Å². The standard InChI is InChI=1S/C13H13NO3S2/c1-16-7-9-5-8(3-4-10(9)17-2)6-11-12(15)14-13(18)19-11/h3-6H,7H2,1-2H3,(H,14,15,18)/b11-6-. The molecule has 0 unspecified atom stereocenters. The van der Waals surface area contributed by atoms with Crippen molar-refractivity contribution in [3.05, 3.63) is 34.2 Å². The van der Waals surface area contributed by atoms with E-state index in [4.69, 9.17) is 21.7 Å². The summed E-state index contributed by atoms with van der Waals surface area (Å²) in [6, 6.07) is 5.68. The number of hydrogen-bond acceptors (Lipinski definition) is 5. The predicted molar refractivity (Wildman–Crippen MR) is 80.0 cm³/mol. The molecular formula is C13H13NO3S2. The molecule has 0 spiro atoms. The molecule has 0 aliphatic carbocycles. The molecule has 1 heterocycles. The lowest BCUT2D eigenvalue weighted by molar-refractivity contribution is -0.115. The number of nitrogens with one attached hydrogen (secondary N) is 1. The molecule has 0 aromatic heterocycles. The smallest absolute Gasteiger partial charge is 0.263 e. The van der Waals surface area contributed by atoms with Crippen LogP contribution in [0.1, 0.15) is 11.1 Å². The van der Waals surface area contributed by atoms with Gasteiger partial charge in [0, 0.05) is 12.7 Å². The minimum atomic E-state index is -0.154. The maximum Gasteiger partial charge on any atom is 0.263 e. The third kappa shape index (κ3) is 3.34. The molecule has 19 heavy (non-hydrogen) atoms. The fraction of sp³-hybridized carbons (Fsp3) is 0.231. The number of methoxy groups -OCH3 is 2. The molecule has 0 radical (unpaired) electrons. The Morgan fingerprint density at radius 2 is 2.21 bits per heavy atom. The molecule has 4 nitrogen and oxygen atoms in total. The van der Waals surface area contributed by atoms with Gasteiger partial charge in [0.15, 0.2) is 0 Å². The quantitative estimate of drug-likeness (QED) is 0.682. The average Bonchev–Trinajstić information content (AvgIpc) is 2.69. The lowest BCUT2D eigenvalue weighted by Crippen LogP contribution is -2.17. The summed E-state index contributed by atoms with van der Waals surface area (Å²) in [5.41, 5.74) is 1.85. The molecule has 1 aromatic carbocycles. The fourth-order valence-corrected chi connectivity index (χ4v) is 2.77. The van der Waals surface area contributed by atoms with Gasteiger partial charge in [0.25, 0.3) is 5.91 Å². The van der Waals surface area contributed by atoms with Gasteiger partial charge in [0.1, 0.15) is 10.1 Å². The Morgan fingerprint density at radius 3 is 2.79 bits per heavy atom. The van der Waals surface area contributed by atoms with Crippen LogP contribution in [0.15, 0.2) is 23.1 Å². The Bertz CT molecular complexity index is 555. The van der Waals surface area contributed by atoms with Crippen LogP contribution in [0.3, 0.4) is 0 Å². The van der Waals surface area contributed by atoms with Gasteiger partial charge >= 0.3 is 0 Å². The van der Waals surface area contributed by atoms with Gasteiger partial charge in [-0.3, -0.25) is 4.79 Å². The maximum absolute atomic E-state index is 11.6. The number of rotatable bonds is 4. The number of hydrogen-bond donors (Lipinski definition) is 1. The van der Waals surface area contributed by atoms with Crippen LogP contribution in [-0.2, 0) is 16.1 Å². The normalized spacial score (nSPS) is 16.8. The van der Waals surface area contributed by atoms with Crippen LogP contribution < -0.4 is 10.1 Å². The fourth-order valence-electron chi connectivity index (χ4n) is 1.73. The maximum atomic E-state index is 11.6. The highest BCUT2D eigenvalue weighted by Gasteiger charge is 2.21. The van der Waals surface area contributed by atoms with Crippen LogP contribution in [0.25, 0.3) is 6.08 Å². The number of thiocarbonyl (C=S) groups is 1. The van der Waals surface area contributed by atoms with Crippen LogP contribution in [0.4, 0.5) is 0 Å². The number of thioether (sulfide) groups is 1. The van der Waals surface area contributed by atoms with Crippen molar-refractivity contribution in [2.24, 2.45) is 0 Å². The number of ether oxygens (including phenoxy) is 2. The summed E-state index contributed by atoms with van der Waals surface area (Å²) in [4.78, 5) is 12.2. The molecule has 1 aliphatic heterocycles. The third-order valence-electron chi connectivity index (χ3n) is 2.54. The molecule has 1 aliphatic rings. The van der Waals surface area contributed by atoms with E-state index in [9.17, 15) is 4.79 Å².